The van der Waals surface area contributed by atoms with Crippen LogP contribution < -0.4 is 0 Å². The molecule has 3 nitrogen and oxygen atoms in total. The van der Waals surface area contributed by atoms with Crippen molar-refractivity contribution in [2.24, 2.45) is 5.92 Å². The molecule has 0 N–H and O–H groups in total. The summed E-state index contributed by atoms with van der Waals surface area (Å²) >= 11 is 0. The van der Waals surface area contributed by atoms with Gasteiger partial charge in [-0.25, -0.2) is 0 Å². The summed E-state index contributed by atoms with van der Waals surface area (Å²) in [6.07, 6.45) is 0.0202. The van der Waals surface area contributed by atoms with E-state index in [1.165, 1.54) is 0 Å². The van der Waals surface area contributed by atoms with Crippen LogP contribution in [0.3, 0.4) is 0 Å². The van der Waals surface area contributed by atoms with Crippen molar-refractivity contribution in [2.75, 3.05) is 0 Å². The normalized spacial score (nSPS) is 20.1. The SMILES string of the molecule is N#C[C@@H]1CC(=O)c2ccccc2C1=O. The number of hydrogen-bond donors (Lipinski definition) is 0. The Bertz CT molecular complexity index is 457. The van der Waals surface area contributed by atoms with Gasteiger partial charge in [0, 0.05) is 17.5 Å². The summed E-state index contributed by atoms with van der Waals surface area (Å²) in [5.74, 6) is -1.15. The van der Waals surface area contributed by atoms with E-state index in [0.717, 1.165) is 0 Å². The first-order valence-corrected chi connectivity index (χ1v) is 4.30. The Kier molecular flexibility index (Phi) is 1.90. The van der Waals surface area contributed by atoms with E-state index in [-0.39, 0.29) is 18.0 Å². The molecule has 0 fully saturated rings. The average molecular weight is 185 g/mol. The molecule has 1 aromatic carbocycles. The Balaban J connectivity index is 2.58. The molecule has 1 aliphatic rings. The lowest BCUT2D eigenvalue weighted by molar-refractivity contribution is 0.0854. The van der Waals surface area contributed by atoms with E-state index < -0.39 is 5.92 Å². The third kappa shape index (κ3) is 1.12. The fourth-order valence-corrected chi connectivity index (χ4v) is 1.62. The molecule has 0 radical (unpaired) electrons. The third-order valence-corrected chi connectivity index (χ3v) is 2.35. The van der Waals surface area contributed by atoms with Gasteiger partial charge in [0.15, 0.2) is 11.6 Å². The number of hydrogen-bond acceptors (Lipinski definition) is 3. The van der Waals surface area contributed by atoms with Gasteiger partial charge < -0.3 is 0 Å². The van der Waals surface area contributed by atoms with Crippen molar-refractivity contribution in [2.45, 2.75) is 6.42 Å². The van der Waals surface area contributed by atoms with E-state index in [0.29, 0.717) is 11.1 Å². The summed E-state index contributed by atoms with van der Waals surface area (Å²) in [4.78, 5) is 23.1. The van der Waals surface area contributed by atoms with Crippen LogP contribution in [0.5, 0.6) is 0 Å². The quantitative estimate of drug-likeness (QED) is 0.616. The zero-order valence-electron chi connectivity index (χ0n) is 7.36. The van der Waals surface area contributed by atoms with Gasteiger partial charge in [-0.1, -0.05) is 24.3 Å². The van der Waals surface area contributed by atoms with Crippen LogP contribution in [0.1, 0.15) is 27.1 Å². The van der Waals surface area contributed by atoms with Gasteiger partial charge in [0.1, 0.15) is 5.92 Å². The molecule has 0 spiro atoms. The number of nitriles is 1. The lowest BCUT2D eigenvalue weighted by atomic mass is 9.83. The summed E-state index contributed by atoms with van der Waals surface area (Å²) in [6, 6.07) is 8.50. The monoisotopic (exact) mass is 185 g/mol. The Morgan fingerprint density at radius 2 is 1.86 bits per heavy atom. The smallest absolute Gasteiger partial charge is 0.181 e. The molecule has 0 amide bonds. The van der Waals surface area contributed by atoms with Crippen molar-refractivity contribution in [1.29, 1.82) is 5.26 Å². The highest BCUT2D eigenvalue weighted by Crippen LogP contribution is 2.24. The first-order valence-electron chi connectivity index (χ1n) is 4.30. The highest BCUT2D eigenvalue weighted by Gasteiger charge is 2.31. The number of rotatable bonds is 0. The van der Waals surface area contributed by atoms with Crippen molar-refractivity contribution in [3.8, 4) is 6.07 Å². The molecule has 0 bridgehead atoms. The molecule has 0 unspecified atom stereocenters. The van der Waals surface area contributed by atoms with Gasteiger partial charge in [0.2, 0.25) is 0 Å². The van der Waals surface area contributed by atoms with E-state index in [2.05, 4.69) is 0 Å². The molecule has 1 aliphatic carbocycles. The van der Waals surface area contributed by atoms with E-state index in [1.54, 1.807) is 24.3 Å². The number of Topliss-reactive ketones (excluding diaryl/α,β-unsaturated/α-hetero) is 2. The minimum Gasteiger partial charge on any atom is -0.294 e. The van der Waals surface area contributed by atoms with Gasteiger partial charge in [0.05, 0.1) is 6.07 Å². The summed E-state index contributed by atoms with van der Waals surface area (Å²) < 4.78 is 0. The number of ketones is 2. The van der Waals surface area contributed by atoms with Crippen molar-refractivity contribution >= 4 is 11.6 Å². The molecular formula is C11H7NO2. The fourth-order valence-electron chi connectivity index (χ4n) is 1.62. The van der Waals surface area contributed by atoms with Gasteiger partial charge in [-0.3, -0.25) is 9.59 Å². The van der Waals surface area contributed by atoms with Crippen LogP contribution in [-0.4, -0.2) is 11.6 Å². The van der Waals surface area contributed by atoms with Crippen molar-refractivity contribution in [3.63, 3.8) is 0 Å². The standard InChI is InChI=1S/C11H7NO2/c12-6-7-5-10(13)8-3-1-2-4-9(8)11(7)14/h1-4,7H,5H2/t7-/m0/s1. The van der Waals surface area contributed by atoms with Gasteiger partial charge in [-0.2, -0.15) is 5.26 Å². The number of carbonyl (C=O) groups is 2. The first kappa shape index (κ1) is 8.64. The molecule has 0 saturated carbocycles. The summed E-state index contributed by atoms with van der Waals surface area (Å²) in [5, 5.41) is 8.68. The second-order valence-electron chi connectivity index (χ2n) is 3.22. The molecule has 1 atom stereocenters. The highest BCUT2D eigenvalue weighted by atomic mass is 16.1. The number of nitrogens with zero attached hydrogens (tertiary/aromatic N) is 1. The van der Waals surface area contributed by atoms with Crippen LogP contribution >= 0.6 is 0 Å². The maximum absolute atomic E-state index is 11.6. The predicted molar refractivity (Wildman–Crippen MR) is 48.8 cm³/mol. The fraction of sp³-hybridized carbons (Fsp3) is 0.182. The molecule has 2 rings (SSSR count). The Morgan fingerprint density at radius 3 is 2.50 bits per heavy atom. The predicted octanol–water partition coefficient (Wildman–Crippen LogP) is 1.60. The van der Waals surface area contributed by atoms with Gasteiger partial charge >= 0.3 is 0 Å². The molecule has 1 aromatic rings. The minimum atomic E-state index is -0.794. The molecule has 0 saturated heterocycles. The largest absolute Gasteiger partial charge is 0.294 e. The molecule has 0 aliphatic heterocycles. The Morgan fingerprint density at radius 1 is 1.21 bits per heavy atom. The second-order valence-corrected chi connectivity index (χ2v) is 3.22. The minimum absolute atomic E-state index is 0.0202. The topological polar surface area (TPSA) is 57.9 Å². The molecule has 0 aromatic heterocycles. The molecule has 0 heterocycles. The molecular weight excluding hydrogens is 178 g/mol. The first-order chi connectivity index (χ1) is 6.74. The third-order valence-electron chi connectivity index (χ3n) is 2.35. The summed E-state index contributed by atoms with van der Waals surface area (Å²) in [7, 11) is 0. The maximum Gasteiger partial charge on any atom is 0.181 e. The Labute approximate surface area is 81.0 Å². The number of carbonyl (C=O) groups excluding carboxylic acids is 2. The van der Waals surface area contributed by atoms with Gasteiger partial charge in [-0.15, -0.1) is 0 Å². The Hall–Kier alpha value is -1.95. The van der Waals surface area contributed by atoms with E-state index in [1.807, 2.05) is 6.07 Å². The lowest BCUT2D eigenvalue weighted by Crippen LogP contribution is -2.25. The highest BCUT2D eigenvalue weighted by molar-refractivity contribution is 6.15. The average Bonchev–Trinajstić information content (AvgIpc) is 2.23. The van der Waals surface area contributed by atoms with Crippen LogP contribution in [0.2, 0.25) is 0 Å². The van der Waals surface area contributed by atoms with Crippen LogP contribution in [-0.2, 0) is 0 Å². The van der Waals surface area contributed by atoms with Crippen molar-refractivity contribution in [3.05, 3.63) is 35.4 Å². The summed E-state index contributed by atoms with van der Waals surface area (Å²) in [6.45, 7) is 0. The zero-order valence-corrected chi connectivity index (χ0v) is 7.36. The van der Waals surface area contributed by atoms with E-state index in [4.69, 9.17) is 5.26 Å². The van der Waals surface area contributed by atoms with Gasteiger partial charge in [-0.05, 0) is 0 Å². The molecule has 14 heavy (non-hydrogen) atoms. The van der Waals surface area contributed by atoms with Crippen molar-refractivity contribution in [1.82, 2.24) is 0 Å². The molecule has 3 heteroatoms. The van der Waals surface area contributed by atoms with E-state index >= 15 is 0 Å². The van der Waals surface area contributed by atoms with Gasteiger partial charge in [0.25, 0.3) is 0 Å². The number of fused-ring (bicyclic) bond motifs is 1. The van der Waals surface area contributed by atoms with Crippen molar-refractivity contribution < 1.29 is 9.59 Å². The van der Waals surface area contributed by atoms with Crippen LogP contribution in [0.4, 0.5) is 0 Å². The van der Waals surface area contributed by atoms with Crippen LogP contribution in [0.15, 0.2) is 24.3 Å². The lowest BCUT2D eigenvalue weighted by Gasteiger charge is -2.16. The maximum atomic E-state index is 11.6. The van der Waals surface area contributed by atoms with Crippen LogP contribution in [0, 0.1) is 17.2 Å². The molecule has 68 valence electrons. The van der Waals surface area contributed by atoms with E-state index in [9.17, 15) is 9.59 Å². The summed E-state index contributed by atoms with van der Waals surface area (Å²) in [5.41, 5.74) is 0.833. The number of benzene rings is 1. The second kappa shape index (κ2) is 3.08. The zero-order chi connectivity index (χ0) is 10.1. The van der Waals surface area contributed by atoms with Crippen LogP contribution in [0.25, 0.3) is 0 Å².